The number of carbonyl (C=O) groups excluding carboxylic acids is 1. The molecule has 1 aromatic rings. The highest BCUT2D eigenvalue weighted by molar-refractivity contribution is 5.80. The largest absolute Gasteiger partial charge is 0.469 e. The molecule has 1 aromatic heterocycles. The van der Waals surface area contributed by atoms with Gasteiger partial charge in [-0.05, 0) is 76.7 Å². The maximum absolute atomic E-state index is 11.9. The number of hydrogen-bond donors (Lipinski definition) is 2. The van der Waals surface area contributed by atoms with Crippen molar-refractivity contribution < 1.29 is 13.9 Å². The number of carbonyl (C=O) groups is 1. The topological polar surface area (TPSA) is 82.3 Å². The molecule has 32 heavy (non-hydrogen) atoms. The number of aliphatic imine (C=N–C) groups is 1. The van der Waals surface area contributed by atoms with Crippen LogP contribution in [0, 0.1) is 5.92 Å². The van der Waals surface area contributed by atoms with Gasteiger partial charge in [0.15, 0.2) is 5.96 Å². The minimum atomic E-state index is -0.205. The number of nitrogens with zero attached hydrogens (tertiary/aromatic N) is 3. The summed E-state index contributed by atoms with van der Waals surface area (Å²) in [5, 5.41) is 7.05. The van der Waals surface area contributed by atoms with Crippen molar-refractivity contribution in [3.63, 3.8) is 0 Å². The number of guanidine groups is 1. The Morgan fingerprint density at radius 2 is 2.00 bits per heavy atom. The molecule has 0 spiro atoms. The molecule has 0 saturated carbocycles. The van der Waals surface area contributed by atoms with Crippen molar-refractivity contribution >= 4 is 12.1 Å². The maximum Gasteiger partial charge on any atom is 0.409 e. The first-order valence-electron chi connectivity index (χ1n) is 12.3. The summed E-state index contributed by atoms with van der Waals surface area (Å²) in [7, 11) is 0. The van der Waals surface area contributed by atoms with E-state index in [4.69, 9.17) is 14.1 Å². The molecule has 2 N–H and O–H groups in total. The molecule has 3 heterocycles. The molecule has 2 saturated heterocycles. The smallest absolute Gasteiger partial charge is 0.409 e. The van der Waals surface area contributed by atoms with Crippen LogP contribution in [0.15, 0.2) is 27.8 Å². The Kier molecular flexibility index (Phi) is 10.2. The lowest BCUT2D eigenvalue weighted by Gasteiger charge is -2.32. The summed E-state index contributed by atoms with van der Waals surface area (Å²) >= 11 is 0. The van der Waals surface area contributed by atoms with Crippen LogP contribution in [-0.4, -0.2) is 80.3 Å². The second-order valence-corrected chi connectivity index (χ2v) is 8.97. The van der Waals surface area contributed by atoms with Crippen molar-refractivity contribution in [2.45, 2.75) is 58.4 Å². The lowest BCUT2D eigenvalue weighted by atomic mass is 9.99. The van der Waals surface area contributed by atoms with E-state index < -0.39 is 0 Å². The number of likely N-dealkylation sites (tertiary alicyclic amines) is 2. The van der Waals surface area contributed by atoms with Gasteiger partial charge in [-0.3, -0.25) is 4.99 Å². The van der Waals surface area contributed by atoms with Gasteiger partial charge in [0, 0.05) is 38.6 Å². The number of nitrogens with one attached hydrogen (secondary N) is 2. The summed E-state index contributed by atoms with van der Waals surface area (Å²) in [5.74, 6) is 2.70. The Bertz CT molecular complexity index is 678. The van der Waals surface area contributed by atoms with E-state index in [2.05, 4.69) is 22.5 Å². The van der Waals surface area contributed by atoms with Gasteiger partial charge in [0.05, 0.1) is 12.9 Å². The summed E-state index contributed by atoms with van der Waals surface area (Å²) < 4.78 is 10.6. The van der Waals surface area contributed by atoms with E-state index in [-0.39, 0.29) is 6.09 Å². The number of rotatable bonds is 9. The quantitative estimate of drug-likeness (QED) is 0.344. The van der Waals surface area contributed by atoms with Crippen molar-refractivity contribution in [2.24, 2.45) is 10.9 Å². The van der Waals surface area contributed by atoms with Crippen LogP contribution >= 0.6 is 0 Å². The third-order valence-electron chi connectivity index (χ3n) is 6.38. The highest BCUT2D eigenvalue weighted by atomic mass is 16.6. The minimum absolute atomic E-state index is 0.205. The van der Waals surface area contributed by atoms with E-state index in [1.807, 2.05) is 19.1 Å². The Morgan fingerprint density at radius 1 is 1.22 bits per heavy atom. The zero-order chi connectivity index (χ0) is 22.6. The van der Waals surface area contributed by atoms with Crippen LogP contribution < -0.4 is 10.6 Å². The molecule has 0 aliphatic carbocycles. The predicted octanol–water partition coefficient (Wildman–Crippen LogP) is 3.10. The molecule has 8 heteroatoms. The van der Waals surface area contributed by atoms with Crippen LogP contribution in [0.1, 0.15) is 51.7 Å². The van der Waals surface area contributed by atoms with E-state index >= 15 is 0 Å². The first-order valence-corrected chi connectivity index (χ1v) is 12.3. The van der Waals surface area contributed by atoms with Crippen molar-refractivity contribution in [3.8, 4) is 0 Å². The van der Waals surface area contributed by atoms with Gasteiger partial charge < -0.3 is 29.6 Å². The monoisotopic (exact) mass is 447 g/mol. The average Bonchev–Trinajstić information content (AvgIpc) is 3.32. The van der Waals surface area contributed by atoms with Crippen LogP contribution in [0.2, 0.25) is 0 Å². The van der Waals surface area contributed by atoms with Crippen LogP contribution in [0.4, 0.5) is 4.79 Å². The fraction of sp³-hybridized carbons (Fsp3) is 0.750. The van der Waals surface area contributed by atoms with E-state index in [1.165, 1.54) is 25.9 Å². The van der Waals surface area contributed by atoms with E-state index in [0.717, 1.165) is 63.0 Å². The van der Waals surface area contributed by atoms with Crippen LogP contribution in [0.25, 0.3) is 0 Å². The van der Waals surface area contributed by atoms with Gasteiger partial charge in [-0.2, -0.15) is 0 Å². The van der Waals surface area contributed by atoms with Crippen LogP contribution in [0.3, 0.4) is 0 Å². The van der Waals surface area contributed by atoms with Gasteiger partial charge in [0.1, 0.15) is 5.76 Å². The Labute approximate surface area is 192 Å². The second kappa shape index (κ2) is 13.4. The van der Waals surface area contributed by atoms with Crippen LogP contribution in [-0.2, 0) is 11.2 Å². The molecule has 2 aliphatic rings. The lowest BCUT2D eigenvalue weighted by molar-refractivity contribution is 0.0963. The molecular formula is C24H41N5O3. The first-order chi connectivity index (χ1) is 15.6. The van der Waals surface area contributed by atoms with Gasteiger partial charge in [-0.25, -0.2) is 4.79 Å². The zero-order valence-electron chi connectivity index (χ0n) is 19.9. The van der Waals surface area contributed by atoms with Gasteiger partial charge in [-0.1, -0.05) is 6.92 Å². The Balaban J connectivity index is 1.44. The number of ether oxygens (including phenoxy) is 1. The SMILES string of the molecule is CCOC(=O)N1CCC(NC(=NCCCN2CCC(C)CC2)NCCc2ccco2)CC1. The van der Waals surface area contributed by atoms with Crippen molar-refractivity contribution in [1.82, 2.24) is 20.4 Å². The van der Waals surface area contributed by atoms with Crippen molar-refractivity contribution in [2.75, 3.05) is 52.4 Å². The van der Waals surface area contributed by atoms with E-state index in [0.29, 0.717) is 25.7 Å². The fourth-order valence-electron chi connectivity index (χ4n) is 4.30. The molecule has 180 valence electrons. The Morgan fingerprint density at radius 3 is 2.69 bits per heavy atom. The standard InChI is InChI=1S/C24H41N5O3/c1-3-31-24(30)29-17-10-21(11-18-29)27-23(26-13-7-22-6-4-19-32-22)25-12-5-14-28-15-8-20(2)9-16-28/h4,6,19-21H,3,5,7-18H2,1-2H3,(H2,25,26,27). The molecule has 0 unspecified atom stereocenters. The van der Waals surface area contributed by atoms with Gasteiger partial charge in [-0.15, -0.1) is 0 Å². The summed E-state index contributed by atoms with van der Waals surface area (Å²) in [5.41, 5.74) is 0. The highest BCUT2D eigenvalue weighted by Gasteiger charge is 2.24. The lowest BCUT2D eigenvalue weighted by Crippen LogP contribution is -2.50. The Hall–Kier alpha value is -2.22. The molecule has 1 amide bonds. The third kappa shape index (κ3) is 8.37. The molecule has 2 fully saturated rings. The molecule has 0 bridgehead atoms. The number of furan rings is 1. The molecule has 0 radical (unpaired) electrons. The maximum atomic E-state index is 11.9. The summed E-state index contributed by atoms with van der Waals surface area (Å²) in [4.78, 5) is 21.2. The molecule has 0 atom stereocenters. The van der Waals surface area contributed by atoms with Gasteiger partial charge >= 0.3 is 6.09 Å². The van der Waals surface area contributed by atoms with E-state index in [9.17, 15) is 4.79 Å². The third-order valence-corrected chi connectivity index (χ3v) is 6.38. The molecule has 2 aliphatic heterocycles. The molecule has 0 aromatic carbocycles. The van der Waals surface area contributed by atoms with E-state index in [1.54, 1.807) is 11.2 Å². The number of hydrogen-bond acceptors (Lipinski definition) is 5. The summed E-state index contributed by atoms with van der Waals surface area (Å²) in [6, 6.07) is 4.22. The highest BCUT2D eigenvalue weighted by Crippen LogP contribution is 2.16. The number of amides is 1. The number of piperidine rings is 2. The average molecular weight is 448 g/mol. The predicted molar refractivity (Wildman–Crippen MR) is 127 cm³/mol. The second-order valence-electron chi connectivity index (χ2n) is 8.97. The molecular weight excluding hydrogens is 406 g/mol. The molecule has 8 nitrogen and oxygen atoms in total. The zero-order valence-corrected chi connectivity index (χ0v) is 19.9. The van der Waals surface area contributed by atoms with Crippen molar-refractivity contribution in [3.05, 3.63) is 24.2 Å². The molecule has 3 rings (SSSR count). The van der Waals surface area contributed by atoms with Crippen molar-refractivity contribution in [1.29, 1.82) is 0 Å². The summed E-state index contributed by atoms with van der Waals surface area (Å²) in [6.07, 6.45) is 7.81. The minimum Gasteiger partial charge on any atom is -0.469 e. The summed E-state index contributed by atoms with van der Waals surface area (Å²) in [6.45, 7) is 11.2. The van der Waals surface area contributed by atoms with Crippen LogP contribution in [0.5, 0.6) is 0 Å². The van der Waals surface area contributed by atoms with Gasteiger partial charge in [0.25, 0.3) is 0 Å². The first kappa shape index (κ1) is 24.4. The fourth-order valence-corrected chi connectivity index (χ4v) is 4.30. The normalized spacial score (nSPS) is 19.2. The van der Waals surface area contributed by atoms with Gasteiger partial charge in [0.2, 0.25) is 0 Å².